The predicted molar refractivity (Wildman–Crippen MR) is 82.1 cm³/mol. The Morgan fingerprint density at radius 1 is 1.17 bits per heavy atom. The summed E-state index contributed by atoms with van der Waals surface area (Å²) < 4.78 is 10.4. The van der Waals surface area contributed by atoms with Gasteiger partial charge >= 0.3 is 12.0 Å². The topological polar surface area (TPSA) is 90.0 Å². The lowest BCUT2D eigenvalue weighted by atomic mass is 10.2. The van der Waals surface area contributed by atoms with Crippen LogP contribution in [0.25, 0.3) is 11.3 Å². The summed E-state index contributed by atoms with van der Waals surface area (Å²) in [5, 5.41) is 6.69. The molecule has 0 fully saturated rings. The maximum Gasteiger partial charge on any atom is 0.356 e. The molecule has 0 atom stereocenters. The van der Waals surface area contributed by atoms with E-state index >= 15 is 0 Å². The number of H-pyrrole nitrogens is 1. The molecule has 0 spiro atoms. The molecule has 0 saturated carbocycles. The molecule has 3 aromatic rings. The van der Waals surface area contributed by atoms with Crippen molar-refractivity contribution in [3.8, 4) is 23.0 Å². The Bertz CT molecular complexity index is 785. The van der Waals surface area contributed by atoms with Crippen LogP contribution < -0.4 is 4.74 Å². The van der Waals surface area contributed by atoms with Gasteiger partial charge < -0.3 is 9.47 Å². The fourth-order valence-electron chi connectivity index (χ4n) is 1.88. The van der Waals surface area contributed by atoms with E-state index in [1.165, 1.54) is 0 Å². The smallest absolute Gasteiger partial charge is 0.356 e. The third kappa shape index (κ3) is 3.52. The first-order valence-electron chi connectivity index (χ1n) is 7.04. The molecule has 1 aromatic carbocycles. The number of ether oxygens (including phenoxy) is 2. The number of hydrogen-bond acceptors (Lipinski definition) is 6. The van der Waals surface area contributed by atoms with Crippen molar-refractivity contribution in [2.75, 3.05) is 6.61 Å². The molecule has 0 aliphatic heterocycles. The Morgan fingerprint density at radius 3 is 2.61 bits per heavy atom. The number of aromatic amines is 1. The highest BCUT2D eigenvalue weighted by atomic mass is 16.5. The fourth-order valence-corrected chi connectivity index (χ4v) is 1.88. The lowest BCUT2D eigenvalue weighted by Gasteiger charge is -2.03. The van der Waals surface area contributed by atoms with Crippen molar-refractivity contribution < 1.29 is 14.3 Å². The Kier molecular flexibility index (Phi) is 4.28. The van der Waals surface area contributed by atoms with Crippen LogP contribution in [-0.2, 0) is 4.74 Å². The van der Waals surface area contributed by atoms with Crippen LogP contribution in [0.4, 0.5) is 0 Å². The normalized spacial score (nSPS) is 10.3. The van der Waals surface area contributed by atoms with Crippen LogP contribution in [0.5, 0.6) is 11.8 Å². The van der Waals surface area contributed by atoms with E-state index < -0.39 is 5.97 Å². The van der Waals surface area contributed by atoms with E-state index in [0.717, 1.165) is 0 Å². The minimum absolute atomic E-state index is 0.237. The van der Waals surface area contributed by atoms with Gasteiger partial charge in [0.1, 0.15) is 11.4 Å². The highest BCUT2D eigenvalue weighted by Gasteiger charge is 2.12. The van der Waals surface area contributed by atoms with Gasteiger partial charge in [0.25, 0.3) is 0 Å². The molecule has 116 valence electrons. The van der Waals surface area contributed by atoms with Gasteiger partial charge in [0, 0.05) is 18.0 Å². The average molecular weight is 310 g/mol. The molecule has 0 aliphatic carbocycles. The van der Waals surface area contributed by atoms with Crippen molar-refractivity contribution in [2.45, 2.75) is 6.92 Å². The quantitative estimate of drug-likeness (QED) is 0.729. The van der Waals surface area contributed by atoms with Crippen LogP contribution in [0, 0.1) is 0 Å². The van der Waals surface area contributed by atoms with Crippen LogP contribution in [0.15, 0.2) is 48.8 Å². The zero-order chi connectivity index (χ0) is 16.1. The highest BCUT2D eigenvalue weighted by molar-refractivity contribution is 5.88. The van der Waals surface area contributed by atoms with E-state index in [9.17, 15) is 4.79 Å². The number of nitrogens with one attached hydrogen (secondary N) is 1. The van der Waals surface area contributed by atoms with Crippen LogP contribution in [0.2, 0.25) is 0 Å². The lowest BCUT2D eigenvalue weighted by molar-refractivity contribution is 0.0519. The second kappa shape index (κ2) is 6.69. The van der Waals surface area contributed by atoms with Crippen molar-refractivity contribution in [3.63, 3.8) is 0 Å². The van der Waals surface area contributed by atoms with Gasteiger partial charge in [-0.2, -0.15) is 5.10 Å². The molecule has 7 nitrogen and oxygen atoms in total. The molecule has 3 rings (SSSR count). The van der Waals surface area contributed by atoms with E-state index in [-0.39, 0.29) is 11.7 Å². The van der Waals surface area contributed by atoms with Gasteiger partial charge in [0.15, 0.2) is 0 Å². The number of carbonyl (C=O) groups excluding carboxylic acids is 1. The molecule has 2 aromatic heterocycles. The van der Waals surface area contributed by atoms with Crippen LogP contribution in [-0.4, -0.2) is 32.7 Å². The van der Waals surface area contributed by atoms with Gasteiger partial charge in [0.05, 0.1) is 12.3 Å². The number of hydrogen-bond donors (Lipinski definition) is 1. The van der Waals surface area contributed by atoms with E-state index in [2.05, 4.69) is 20.2 Å². The van der Waals surface area contributed by atoms with Gasteiger partial charge in [-0.15, -0.1) is 0 Å². The number of nitrogens with zero attached hydrogens (tertiary/aromatic N) is 3. The molecular formula is C16H14N4O3. The van der Waals surface area contributed by atoms with E-state index in [4.69, 9.17) is 9.47 Å². The van der Waals surface area contributed by atoms with Crippen molar-refractivity contribution >= 4 is 5.97 Å². The van der Waals surface area contributed by atoms with Gasteiger partial charge in [-0.25, -0.2) is 14.8 Å². The first kappa shape index (κ1) is 14.7. The Morgan fingerprint density at radius 2 is 1.91 bits per heavy atom. The summed E-state index contributed by atoms with van der Waals surface area (Å²) in [4.78, 5) is 19.9. The molecule has 0 saturated heterocycles. The minimum atomic E-state index is -0.448. The molecule has 2 heterocycles. The van der Waals surface area contributed by atoms with Gasteiger partial charge in [-0.1, -0.05) is 18.2 Å². The summed E-state index contributed by atoms with van der Waals surface area (Å²) in [5.41, 5.74) is 1.50. The molecule has 1 N–H and O–H groups in total. The summed E-state index contributed by atoms with van der Waals surface area (Å²) in [6, 6.07) is 11.1. The number of esters is 1. The molecular weight excluding hydrogens is 296 g/mol. The monoisotopic (exact) mass is 310 g/mol. The molecule has 0 unspecified atom stereocenters. The van der Waals surface area contributed by atoms with Crippen LogP contribution >= 0.6 is 0 Å². The van der Waals surface area contributed by atoms with Crippen LogP contribution in [0.1, 0.15) is 17.4 Å². The molecule has 23 heavy (non-hydrogen) atoms. The van der Waals surface area contributed by atoms with Gasteiger partial charge in [-0.05, 0) is 25.1 Å². The first-order valence-corrected chi connectivity index (χ1v) is 7.04. The van der Waals surface area contributed by atoms with Crippen molar-refractivity contribution in [3.05, 3.63) is 54.5 Å². The highest BCUT2D eigenvalue weighted by Crippen LogP contribution is 2.20. The maximum absolute atomic E-state index is 11.6. The molecule has 0 aliphatic rings. The van der Waals surface area contributed by atoms with E-state index in [0.29, 0.717) is 23.6 Å². The summed E-state index contributed by atoms with van der Waals surface area (Å²) in [6.45, 7) is 2.05. The third-order valence-corrected chi connectivity index (χ3v) is 2.95. The largest absolute Gasteiger partial charge is 0.461 e. The number of carbonyl (C=O) groups is 1. The second-order valence-corrected chi connectivity index (χ2v) is 4.56. The van der Waals surface area contributed by atoms with Gasteiger partial charge in [-0.3, -0.25) is 5.10 Å². The third-order valence-electron chi connectivity index (χ3n) is 2.95. The van der Waals surface area contributed by atoms with Gasteiger partial charge in [0.2, 0.25) is 0 Å². The SMILES string of the molecule is CCOC(=O)c1cc(-c2cnc(Oc3ccccc3)nc2)n[nH]1. The number of aromatic nitrogens is 4. The summed E-state index contributed by atoms with van der Waals surface area (Å²) in [7, 11) is 0. The Labute approximate surface area is 132 Å². The number of benzene rings is 1. The zero-order valence-corrected chi connectivity index (χ0v) is 12.4. The van der Waals surface area contributed by atoms with Crippen molar-refractivity contribution in [1.29, 1.82) is 0 Å². The molecule has 0 bridgehead atoms. The van der Waals surface area contributed by atoms with E-state index in [1.54, 1.807) is 25.4 Å². The van der Waals surface area contributed by atoms with Crippen molar-refractivity contribution in [2.24, 2.45) is 0 Å². The second-order valence-electron chi connectivity index (χ2n) is 4.56. The average Bonchev–Trinajstić information content (AvgIpc) is 3.07. The Hall–Kier alpha value is -3.22. The molecule has 0 amide bonds. The summed E-state index contributed by atoms with van der Waals surface area (Å²) in [6.07, 6.45) is 3.16. The molecule has 7 heteroatoms. The zero-order valence-electron chi connectivity index (χ0n) is 12.4. The molecule has 0 radical (unpaired) electrons. The van der Waals surface area contributed by atoms with E-state index in [1.807, 2.05) is 30.3 Å². The number of para-hydroxylation sites is 1. The number of rotatable bonds is 5. The van der Waals surface area contributed by atoms with Crippen molar-refractivity contribution in [1.82, 2.24) is 20.2 Å². The Balaban J connectivity index is 1.73. The first-order chi connectivity index (χ1) is 11.3. The van der Waals surface area contributed by atoms with Crippen LogP contribution in [0.3, 0.4) is 0 Å². The fraction of sp³-hybridized carbons (Fsp3) is 0.125. The lowest BCUT2D eigenvalue weighted by Crippen LogP contribution is -2.04. The standard InChI is InChI=1S/C16H14N4O3/c1-2-22-15(21)14-8-13(19-20-14)11-9-17-16(18-10-11)23-12-6-4-3-5-7-12/h3-10H,2H2,1H3,(H,19,20). The minimum Gasteiger partial charge on any atom is -0.461 e. The maximum atomic E-state index is 11.6. The predicted octanol–water partition coefficient (Wildman–Crippen LogP) is 2.84. The summed E-state index contributed by atoms with van der Waals surface area (Å²) >= 11 is 0. The summed E-state index contributed by atoms with van der Waals surface area (Å²) in [5.74, 6) is 0.209.